The van der Waals surface area contributed by atoms with E-state index < -0.39 is 5.97 Å². The first-order chi connectivity index (χ1) is 9.77. The molecular weight excluding hydrogens is 248 g/mol. The Balaban J connectivity index is 3.17. The SMILES string of the molecule is CCCCCC=C/C=C\CCCCCCCCC(=O)O. The Morgan fingerprint density at radius 3 is 1.85 bits per heavy atom. The summed E-state index contributed by atoms with van der Waals surface area (Å²) in [6.45, 7) is 2.23. The minimum absolute atomic E-state index is 0.327. The molecule has 0 aromatic carbocycles. The maximum Gasteiger partial charge on any atom is 0.303 e. The number of hydrogen-bond donors (Lipinski definition) is 1. The van der Waals surface area contributed by atoms with Crippen LogP contribution in [0.25, 0.3) is 0 Å². The topological polar surface area (TPSA) is 37.3 Å². The van der Waals surface area contributed by atoms with Gasteiger partial charge in [-0.1, -0.05) is 69.8 Å². The molecule has 0 saturated carbocycles. The van der Waals surface area contributed by atoms with Crippen LogP contribution in [0.3, 0.4) is 0 Å². The lowest BCUT2D eigenvalue weighted by molar-refractivity contribution is -0.137. The zero-order valence-corrected chi connectivity index (χ0v) is 13.2. The molecule has 20 heavy (non-hydrogen) atoms. The third-order valence-electron chi connectivity index (χ3n) is 3.37. The van der Waals surface area contributed by atoms with Gasteiger partial charge in [0.25, 0.3) is 0 Å². The first kappa shape index (κ1) is 18.9. The second-order valence-electron chi connectivity index (χ2n) is 5.41. The summed E-state index contributed by atoms with van der Waals surface area (Å²) < 4.78 is 0. The average Bonchev–Trinajstić information content (AvgIpc) is 2.43. The molecule has 0 radical (unpaired) electrons. The van der Waals surface area contributed by atoms with E-state index in [0.29, 0.717) is 6.42 Å². The second-order valence-corrected chi connectivity index (χ2v) is 5.41. The lowest BCUT2D eigenvalue weighted by atomic mass is 10.1. The van der Waals surface area contributed by atoms with E-state index in [4.69, 9.17) is 5.11 Å². The van der Waals surface area contributed by atoms with Crippen molar-refractivity contribution in [3.63, 3.8) is 0 Å². The van der Waals surface area contributed by atoms with Crippen LogP contribution < -0.4 is 0 Å². The molecule has 0 amide bonds. The maximum atomic E-state index is 10.3. The van der Waals surface area contributed by atoms with Crippen molar-refractivity contribution < 1.29 is 9.90 Å². The minimum atomic E-state index is -0.669. The van der Waals surface area contributed by atoms with Gasteiger partial charge in [0, 0.05) is 6.42 Å². The summed E-state index contributed by atoms with van der Waals surface area (Å²) in [4.78, 5) is 10.3. The molecule has 0 fully saturated rings. The molecule has 0 aromatic heterocycles. The highest BCUT2D eigenvalue weighted by atomic mass is 16.4. The Bertz CT molecular complexity index is 267. The van der Waals surface area contributed by atoms with Crippen molar-refractivity contribution in [2.45, 2.75) is 84.0 Å². The van der Waals surface area contributed by atoms with Gasteiger partial charge in [-0.25, -0.2) is 0 Å². The van der Waals surface area contributed by atoms with Gasteiger partial charge in [-0.15, -0.1) is 0 Å². The summed E-state index contributed by atoms with van der Waals surface area (Å²) in [5.41, 5.74) is 0. The van der Waals surface area contributed by atoms with Crippen molar-refractivity contribution in [3.8, 4) is 0 Å². The monoisotopic (exact) mass is 280 g/mol. The van der Waals surface area contributed by atoms with Crippen LogP contribution in [0.5, 0.6) is 0 Å². The van der Waals surface area contributed by atoms with Crippen molar-refractivity contribution in [1.29, 1.82) is 0 Å². The van der Waals surface area contributed by atoms with Crippen molar-refractivity contribution in [2.75, 3.05) is 0 Å². The van der Waals surface area contributed by atoms with Crippen LogP contribution >= 0.6 is 0 Å². The van der Waals surface area contributed by atoms with Crippen molar-refractivity contribution in [1.82, 2.24) is 0 Å². The molecule has 2 nitrogen and oxygen atoms in total. The van der Waals surface area contributed by atoms with Gasteiger partial charge in [0.2, 0.25) is 0 Å². The van der Waals surface area contributed by atoms with Crippen molar-refractivity contribution in [3.05, 3.63) is 24.3 Å². The van der Waals surface area contributed by atoms with Gasteiger partial charge < -0.3 is 5.11 Å². The maximum absolute atomic E-state index is 10.3. The lowest BCUT2D eigenvalue weighted by Crippen LogP contribution is -1.93. The Morgan fingerprint density at radius 1 is 0.800 bits per heavy atom. The van der Waals surface area contributed by atoms with Crippen LogP contribution in [-0.4, -0.2) is 11.1 Å². The highest BCUT2D eigenvalue weighted by molar-refractivity contribution is 5.66. The van der Waals surface area contributed by atoms with Crippen LogP contribution in [0.2, 0.25) is 0 Å². The number of carboxylic acid groups (broad SMARTS) is 1. The summed E-state index contributed by atoms with van der Waals surface area (Å²) in [5, 5.41) is 8.50. The highest BCUT2D eigenvalue weighted by Crippen LogP contribution is 2.09. The molecule has 0 spiro atoms. The Hall–Kier alpha value is -1.05. The van der Waals surface area contributed by atoms with Crippen LogP contribution in [0, 0.1) is 0 Å². The standard InChI is InChI=1S/C18H32O2/c1-2-3-4-5-6-7-8-9-10-11-12-13-14-15-16-17-18(19)20/h6-9H,2-5,10-17H2,1H3,(H,19,20)/b7-6?,9-8-. The number of carboxylic acids is 1. The fourth-order valence-corrected chi connectivity index (χ4v) is 2.11. The fourth-order valence-electron chi connectivity index (χ4n) is 2.11. The molecule has 0 aromatic rings. The zero-order chi connectivity index (χ0) is 14.9. The molecule has 0 saturated heterocycles. The lowest BCUT2D eigenvalue weighted by Gasteiger charge is -1.99. The molecule has 0 aliphatic rings. The van der Waals surface area contributed by atoms with E-state index in [0.717, 1.165) is 19.3 Å². The molecule has 0 aliphatic carbocycles. The predicted molar refractivity (Wildman–Crippen MR) is 87.0 cm³/mol. The first-order valence-corrected chi connectivity index (χ1v) is 8.30. The minimum Gasteiger partial charge on any atom is -0.481 e. The summed E-state index contributed by atoms with van der Waals surface area (Å²) >= 11 is 0. The number of carbonyl (C=O) groups is 1. The van der Waals surface area contributed by atoms with Crippen LogP contribution in [0.1, 0.15) is 84.0 Å². The van der Waals surface area contributed by atoms with Gasteiger partial charge in [0.1, 0.15) is 0 Å². The third-order valence-corrected chi connectivity index (χ3v) is 3.37. The smallest absolute Gasteiger partial charge is 0.303 e. The summed E-state index contributed by atoms with van der Waals surface area (Å²) in [6, 6.07) is 0. The molecule has 0 atom stereocenters. The van der Waals surface area contributed by atoms with Crippen molar-refractivity contribution in [2.24, 2.45) is 0 Å². The van der Waals surface area contributed by atoms with E-state index in [9.17, 15) is 4.79 Å². The molecular formula is C18H32O2. The van der Waals surface area contributed by atoms with Crippen LogP contribution in [0.15, 0.2) is 24.3 Å². The molecule has 0 heterocycles. The molecule has 0 aliphatic heterocycles. The fraction of sp³-hybridized carbons (Fsp3) is 0.722. The van der Waals surface area contributed by atoms with Gasteiger partial charge in [-0.3, -0.25) is 4.79 Å². The average molecular weight is 280 g/mol. The Kier molecular flexibility index (Phi) is 15.2. The van der Waals surface area contributed by atoms with E-state index in [1.165, 1.54) is 51.4 Å². The van der Waals surface area contributed by atoms with E-state index in [-0.39, 0.29) is 0 Å². The van der Waals surface area contributed by atoms with Crippen molar-refractivity contribution >= 4 is 5.97 Å². The number of hydrogen-bond acceptors (Lipinski definition) is 1. The van der Waals surface area contributed by atoms with E-state index in [1.54, 1.807) is 0 Å². The van der Waals surface area contributed by atoms with E-state index in [1.807, 2.05) is 0 Å². The molecule has 2 heteroatoms. The first-order valence-electron chi connectivity index (χ1n) is 8.30. The number of allylic oxidation sites excluding steroid dienone is 4. The van der Waals surface area contributed by atoms with Gasteiger partial charge in [-0.2, -0.15) is 0 Å². The molecule has 0 rings (SSSR count). The van der Waals surface area contributed by atoms with Crippen LogP contribution in [0.4, 0.5) is 0 Å². The normalized spacial score (nSPS) is 11.7. The Morgan fingerprint density at radius 2 is 1.30 bits per heavy atom. The number of rotatable bonds is 14. The van der Waals surface area contributed by atoms with Crippen LogP contribution in [-0.2, 0) is 4.79 Å². The quantitative estimate of drug-likeness (QED) is 0.318. The zero-order valence-electron chi connectivity index (χ0n) is 13.2. The van der Waals surface area contributed by atoms with Gasteiger partial charge in [0.05, 0.1) is 0 Å². The van der Waals surface area contributed by atoms with E-state index in [2.05, 4.69) is 31.2 Å². The number of aliphatic carboxylic acids is 1. The molecule has 116 valence electrons. The summed E-state index contributed by atoms with van der Waals surface area (Å²) in [6.07, 6.45) is 22.3. The third kappa shape index (κ3) is 16.9. The van der Waals surface area contributed by atoms with Gasteiger partial charge in [-0.05, 0) is 32.1 Å². The predicted octanol–water partition coefficient (Wildman–Crippen LogP) is 5.88. The van der Waals surface area contributed by atoms with Gasteiger partial charge >= 0.3 is 5.97 Å². The summed E-state index contributed by atoms with van der Waals surface area (Å²) in [5.74, 6) is -0.669. The summed E-state index contributed by atoms with van der Waals surface area (Å²) in [7, 11) is 0. The second kappa shape index (κ2) is 16.0. The largest absolute Gasteiger partial charge is 0.481 e. The molecule has 0 unspecified atom stereocenters. The highest BCUT2D eigenvalue weighted by Gasteiger charge is 1.95. The van der Waals surface area contributed by atoms with Gasteiger partial charge in [0.15, 0.2) is 0 Å². The van der Waals surface area contributed by atoms with E-state index >= 15 is 0 Å². The number of unbranched alkanes of at least 4 members (excludes halogenated alkanes) is 9. The molecule has 1 N–H and O–H groups in total. The Labute approximate surface area is 125 Å². The molecule has 0 bridgehead atoms.